The average molecular weight is 682 g/mol. The number of nitrogens with zero attached hydrogens (tertiary/aromatic N) is 9. The highest BCUT2D eigenvalue weighted by molar-refractivity contribution is 5.98. The molecule has 0 bridgehead atoms. The fourth-order valence-corrected chi connectivity index (χ4v) is 7.34. The molecule has 49 heavy (non-hydrogen) atoms. The monoisotopic (exact) mass is 681 g/mol. The molecule has 7 rings (SSSR count). The molecule has 12 heteroatoms. The van der Waals surface area contributed by atoms with Gasteiger partial charge >= 0.3 is 0 Å². The van der Waals surface area contributed by atoms with E-state index in [0.717, 1.165) is 70.0 Å². The molecule has 1 unspecified atom stereocenters. The minimum Gasteiger partial charge on any atom is -0.496 e. The van der Waals surface area contributed by atoms with Gasteiger partial charge < -0.3 is 24.0 Å². The first-order chi connectivity index (χ1) is 23.6. The van der Waals surface area contributed by atoms with Crippen molar-refractivity contribution in [2.45, 2.75) is 38.1 Å². The van der Waals surface area contributed by atoms with Gasteiger partial charge in [0, 0.05) is 44.7 Å². The van der Waals surface area contributed by atoms with Crippen LogP contribution in [0, 0.1) is 0 Å². The lowest BCUT2D eigenvalue weighted by Gasteiger charge is -2.33. The zero-order chi connectivity index (χ0) is 32.9. The van der Waals surface area contributed by atoms with Crippen molar-refractivity contribution < 1.29 is 9.53 Å². The number of carbonyl (C=O) groups excluding carboxylic acids is 1. The molecule has 1 amide bonds. The number of fused-ring (bicyclic) bond motifs is 1. The molecule has 4 heterocycles. The Labute approximate surface area is 293 Å². The van der Waals surface area contributed by atoms with E-state index in [-0.39, 0.29) is 23.7 Å². The van der Waals surface area contributed by atoms with E-state index in [1.165, 1.54) is 17.4 Å². The molecule has 2 aliphatic rings. The lowest BCUT2D eigenvalue weighted by atomic mass is 9.76. The molecule has 0 saturated carbocycles. The molecule has 2 aromatic heterocycles. The van der Waals surface area contributed by atoms with Gasteiger partial charge in [-0.3, -0.25) is 4.79 Å². The number of hydrogen-bond acceptors (Lipinski definition) is 8. The summed E-state index contributed by atoms with van der Waals surface area (Å²) in [6.07, 6.45) is 8.78. The van der Waals surface area contributed by atoms with E-state index in [4.69, 9.17) is 9.72 Å². The van der Waals surface area contributed by atoms with Crippen LogP contribution in [0.2, 0.25) is 0 Å². The first-order valence-corrected chi connectivity index (χ1v) is 16.9. The number of benzene rings is 3. The number of ether oxygens (including phenoxy) is 1. The van der Waals surface area contributed by atoms with Crippen LogP contribution >= 0.6 is 12.4 Å². The Morgan fingerprint density at radius 2 is 1.82 bits per heavy atom. The fourth-order valence-electron chi connectivity index (χ4n) is 7.34. The predicted molar refractivity (Wildman–Crippen MR) is 194 cm³/mol. The topological polar surface area (TPSA) is 97.4 Å². The third kappa shape index (κ3) is 7.04. The number of methoxy groups -OCH3 is 1. The SMILES string of the molecule is C/C=C/Cn1c(N2CCCN(CCC3(c4ccccc4)CCN(C(=O)c4cc(-n5cnnn5)ccc4OC)C3)CC2)nc2ccccc21.Cl. The van der Waals surface area contributed by atoms with Gasteiger partial charge in [-0.2, -0.15) is 0 Å². The first kappa shape index (κ1) is 34.1. The van der Waals surface area contributed by atoms with Gasteiger partial charge in [0.25, 0.3) is 5.91 Å². The molecule has 256 valence electrons. The van der Waals surface area contributed by atoms with Crippen molar-refractivity contribution in [1.29, 1.82) is 0 Å². The maximum atomic E-state index is 14.1. The van der Waals surface area contributed by atoms with Crippen molar-refractivity contribution in [3.05, 3.63) is 102 Å². The molecule has 2 aliphatic heterocycles. The highest BCUT2D eigenvalue weighted by Crippen LogP contribution is 2.39. The van der Waals surface area contributed by atoms with Crippen LogP contribution in [0.3, 0.4) is 0 Å². The van der Waals surface area contributed by atoms with Crippen molar-refractivity contribution >= 4 is 35.3 Å². The maximum absolute atomic E-state index is 14.1. The quantitative estimate of drug-likeness (QED) is 0.181. The van der Waals surface area contributed by atoms with E-state index >= 15 is 0 Å². The maximum Gasteiger partial charge on any atom is 0.257 e. The van der Waals surface area contributed by atoms with Crippen molar-refractivity contribution in [3.63, 3.8) is 0 Å². The molecule has 5 aromatic rings. The van der Waals surface area contributed by atoms with Crippen molar-refractivity contribution in [2.75, 3.05) is 57.8 Å². The van der Waals surface area contributed by atoms with Gasteiger partial charge in [-0.15, -0.1) is 17.5 Å². The smallest absolute Gasteiger partial charge is 0.257 e. The Balaban J connectivity index is 0.00000417. The molecular formula is C37H44ClN9O2. The van der Waals surface area contributed by atoms with E-state index in [0.29, 0.717) is 30.1 Å². The number of amides is 1. The number of aromatic nitrogens is 6. The molecular weight excluding hydrogens is 638 g/mol. The number of carbonyl (C=O) groups is 1. The Hall–Kier alpha value is -4.74. The molecule has 1 atom stereocenters. The summed E-state index contributed by atoms with van der Waals surface area (Å²) < 4.78 is 9.52. The van der Waals surface area contributed by atoms with Gasteiger partial charge in [-0.25, -0.2) is 9.67 Å². The summed E-state index contributed by atoms with van der Waals surface area (Å²) in [6, 6.07) is 24.7. The van der Waals surface area contributed by atoms with Gasteiger partial charge in [0.1, 0.15) is 12.1 Å². The summed E-state index contributed by atoms with van der Waals surface area (Å²) in [7, 11) is 1.60. The second-order valence-corrected chi connectivity index (χ2v) is 12.8. The Morgan fingerprint density at radius 3 is 2.61 bits per heavy atom. The van der Waals surface area contributed by atoms with Gasteiger partial charge in [-0.05, 0) is 85.6 Å². The minimum absolute atomic E-state index is 0. The summed E-state index contributed by atoms with van der Waals surface area (Å²) in [4.78, 5) is 26.2. The summed E-state index contributed by atoms with van der Waals surface area (Å²) in [5.74, 6) is 1.56. The van der Waals surface area contributed by atoms with Gasteiger partial charge in [0.2, 0.25) is 5.95 Å². The number of hydrogen-bond donors (Lipinski definition) is 0. The second-order valence-electron chi connectivity index (χ2n) is 12.8. The molecule has 2 saturated heterocycles. The largest absolute Gasteiger partial charge is 0.496 e. The van der Waals surface area contributed by atoms with Crippen LogP contribution in [0.5, 0.6) is 5.75 Å². The molecule has 0 radical (unpaired) electrons. The van der Waals surface area contributed by atoms with Gasteiger partial charge in [0.05, 0.1) is 29.4 Å². The third-order valence-electron chi connectivity index (χ3n) is 9.99. The van der Waals surface area contributed by atoms with Crippen LogP contribution in [0.15, 0.2) is 91.3 Å². The van der Waals surface area contributed by atoms with E-state index < -0.39 is 0 Å². The Kier molecular flexibility index (Phi) is 10.6. The minimum atomic E-state index is -0.135. The summed E-state index contributed by atoms with van der Waals surface area (Å²) in [6.45, 7) is 9.12. The van der Waals surface area contributed by atoms with Gasteiger partial charge in [-0.1, -0.05) is 54.6 Å². The molecule has 0 N–H and O–H groups in total. The van der Waals surface area contributed by atoms with Crippen molar-refractivity contribution in [3.8, 4) is 11.4 Å². The third-order valence-corrected chi connectivity index (χ3v) is 9.99. The lowest BCUT2D eigenvalue weighted by Crippen LogP contribution is -2.39. The van der Waals surface area contributed by atoms with Gasteiger partial charge in [0.15, 0.2) is 0 Å². The number of para-hydroxylation sites is 2. The Bertz CT molecular complexity index is 1880. The van der Waals surface area contributed by atoms with Crippen molar-refractivity contribution in [1.82, 2.24) is 39.6 Å². The molecule has 0 spiro atoms. The standard InChI is InChI=1S/C37H43N9O2.ClH/c1-3-4-21-45-33-14-9-8-13-32(33)39-36(45)43-20-10-19-42(24-25-43)22-17-37(29-11-6-5-7-12-29)18-23-44(27-37)35(47)31-26-30(15-16-34(31)48-2)46-28-38-40-41-46;/h3-9,11-16,26,28H,10,17-25,27H2,1-2H3;1H/b4-3+;. The van der Waals surface area contributed by atoms with Crippen LogP contribution < -0.4 is 9.64 Å². The number of anilines is 1. The zero-order valence-corrected chi connectivity index (χ0v) is 29.0. The number of rotatable bonds is 10. The average Bonchev–Trinajstić information content (AvgIpc) is 3.87. The normalized spacial score (nSPS) is 18.6. The highest BCUT2D eigenvalue weighted by Gasteiger charge is 2.42. The number of tetrazole rings is 1. The second kappa shape index (κ2) is 15.2. The highest BCUT2D eigenvalue weighted by atomic mass is 35.5. The number of imidazole rings is 1. The lowest BCUT2D eigenvalue weighted by molar-refractivity contribution is 0.0777. The molecule has 11 nitrogen and oxygen atoms in total. The summed E-state index contributed by atoms with van der Waals surface area (Å²) in [5, 5.41) is 11.5. The molecule has 0 aliphatic carbocycles. The number of halogens is 1. The van der Waals surface area contributed by atoms with Crippen LogP contribution in [0.1, 0.15) is 42.1 Å². The van der Waals surface area contributed by atoms with Crippen molar-refractivity contribution in [2.24, 2.45) is 0 Å². The van der Waals surface area contributed by atoms with E-state index in [2.05, 4.69) is 104 Å². The number of likely N-dealkylation sites (tertiary alicyclic amines) is 1. The molecule has 2 fully saturated rings. The summed E-state index contributed by atoms with van der Waals surface area (Å²) in [5.41, 5.74) is 4.61. The molecule has 3 aromatic carbocycles. The Morgan fingerprint density at radius 1 is 0.980 bits per heavy atom. The van der Waals surface area contributed by atoms with E-state index in [9.17, 15) is 4.79 Å². The van der Waals surface area contributed by atoms with Crippen LogP contribution in [0.25, 0.3) is 16.7 Å². The number of allylic oxidation sites excluding steroid dienone is 2. The predicted octanol–water partition coefficient (Wildman–Crippen LogP) is 5.40. The van der Waals surface area contributed by atoms with Crippen LogP contribution in [-0.2, 0) is 12.0 Å². The first-order valence-electron chi connectivity index (χ1n) is 16.9. The van der Waals surface area contributed by atoms with E-state index in [1.807, 2.05) is 23.1 Å². The zero-order valence-electron chi connectivity index (χ0n) is 28.2. The van der Waals surface area contributed by atoms with Crippen LogP contribution in [-0.4, -0.2) is 98.4 Å². The van der Waals surface area contributed by atoms with Crippen LogP contribution in [0.4, 0.5) is 5.95 Å². The van der Waals surface area contributed by atoms with E-state index in [1.54, 1.807) is 11.8 Å². The summed E-state index contributed by atoms with van der Waals surface area (Å²) >= 11 is 0. The fraction of sp³-hybridized carbons (Fsp3) is 0.378.